The Balaban J connectivity index is 2.21. The van der Waals surface area contributed by atoms with E-state index in [0.717, 1.165) is 20.7 Å². The maximum absolute atomic E-state index is 5.97. The van der Waals surface area contributed by atoms with Crippen molar-refractivity contribution in [2.24, 2.45) is 0 Å². The van der Waals surface area contributed by atoms with Gasteiger partial charge in [-0.15, -0.1) is 0 Å². The normalized spacial score (nSPS) is 12.2. The van der Waals surface area contributed by atoms with Gasteiger partial charge < -0.3 is 5.32 Å². The van der Waals surface area contributed by atoms with E-state index in [2.05, 4.69) is 59.1 Å². The van der Waals surface area contributed by atoms with Gasteiger partial charge in [0.05, 0.1) is 6.04 Å². The van der Waals surface area contributed by atoms with Gasteiger partial charge >= 0.3 is 0 Å². The van der Waals surface area contributed by atoms with Crippen molar-refractivity contribution in [3.63, 3.8) is 0 Å². The second-order valence-corrected chi connectivity index (χ2v) is 5.74. The van der Waals surface area contributed by atoms with Crippen LogP contribution in [-0.4, -0.2) is 0 Å². The third-order valence-electron chi connectivity index (χ3n) is 2.87. The maximum atomic E-state index is 5.97. The summed E-state index contributed by atoms with van der Waals surface area (Å²) in [5.41, 5.74) is 2.45. The third-order valence-corrected chi connectivity index (χ3v) is 4.00. The van der Waals surface area contributed by atoms with E-state index in [0.29, 0.717) is 6.04 Å². The molecule has 1 nitrogen and oxygen atoms in total. The van der Waals surface area contributed by atoms with Crippen molar-refractivity contribution in [1.82, 2.24) is 0 Å². The molecule has 2 aromatic rings. The fourth-order valence-electron chi connectivity index (χ4n) is 1.90. The smallest absolute Gasteiger partial charge is 0.0511 e. The van der Waals surface area contributed by atoms with E-state index in [1.165, 1.54) is 5.56 Å². The molecule has 0 aromatic heterocycles. The Hall–Kier alpha value is -0.740. The van der Waals surface area contributed by atoms with Crippen LogP contribution >= 0.6 is 34.2 Å². The first-order valence-electron chi connectivity index (χ1n) is 5.97. The van der Waals surface area contributed by atoms with E-state index in [1.54, 1.807) is 0 Å². The molecule has 0 saturated heterocycles. The predicted octanol–water partition coefficient (Wildman–Crippen LogP) is 5.51. The maximum Gasteiger partial charge on any atom is 0.0511 e. The number of anilines is 1. The van der Waals surface area contributed by atoms with E-state index < -0.39 is 0 Å². The van der Waals surface area contributed by atoms with Crippen molar-refractivity contribution in [3.8, 4) is 0 Å². The molecule has 1 N–H and O–H groups in total. The number of halogens is 2. The van der Waals surface area contributed by atoms with Crippen LogP contribution in [0.25, 0.3) is 0 Å². The molecule has 2 aromatic carbocycles. The third kappa shape index (κ3) is 3.39. The Kier molecular flexibility index (Phi) is 4.89. The van der Waals surface area contributed by atoms with Crippen molar-refractivity contribution in [2.45, 2.75) is 19.4 Å². The van der Waals surface area contributed by atoms with Crippen molar-refractivity contribution in [3.05, 3.63) is 62.7 Å². The summed E-state index contributed by atoms with van der Waals surface area (Å²) in [4.78, 5) is 0. The van der Waals surface area contributed by atoms with Gasteiger partial charge in [0.25, 0.3) is 0 Å². The summed E-state index contributed by atoms with van der Waals surface area (Å²) < 4.78 is 1.15. The highest BCUT2D eigenvalue weighted by Crippen LogP contribution is 2.27. The summed E-state index contributed by atoms with van der Waals surface area (Å²) in [6.07, 6.45) is 1.04. The van der Waals surface area contributed by atoms with Gasteiger partial charge in [0.15, 0.2) is 0 Å². The van der Waals surface area contributed by atoms with Crippen LogP contribution in [0.5, 0.6) is 0 Å². The van der Waals surface area contributed by atoms with Crippen LogP contribution in [0.3, 0.4) is 0 Å². The minimum Gasteiger partial charge on any atom is -0.377 e. The van der Waals surface area contributed by atoms with Gasteiger partial charge in [-0.25, -0.2) is 0 Å². The van der Waals surface area contributed by atoms with E-state index >= 15 is 0 Å². The molecule has 0 aliphatic carbocycles. The lowest BCUT2D eigenvalue weighted by molar-refractivity contribution is 0.749. The first-order valence-corrected chi connectivity index (χ1v) is 7.43. The molecule has 1 atom stereocenters. The molecule has 0 bridgehead atoms. The van der Waals surface area contributed by atoms with Gasteiger partial charge in [-0.2, -0.15) is 0 Å². The van der Waals surface area contributed by atoms with Crippen molar-refractivity contribution < 1.29 is 0 Å². The second kappa shape index (κ2) is 6.43. The monoisotopic (exact) mass is 371 g/mol. The molecular formula is C15H15ClIN. The van der Waals surface area contributed by atoms with Crippen LogP contribution in [0, 0.1) is 3.57 Å². The molecule has 0 heterocycles. The molecule has 2 rings (SSSR count). The Morgan fingerprint density at radius 3 is 2.50 bits per heavy atom. The van der Waals surface area contributed by atoms with Gasteiger partial charge in [-0.1, -0.05) is 48.9 Å². The van der Waals surface area contributed by atoms with Crippen molar-refractivity contribution in [1.29, 1.82) is 0 Å². The van der Waals surface area contributed by atoms with Gasteiger partial charge in [0, 0.05) is 14.3 Å². The minimum atomic E-state index is 0.334. The fourth-order valence-corrected chi connectivity index (χ4v) is 2.93. The van der Waals surface area contributed by atoms with E-state index in [-0.39, 0.29) is 0 Å². The molecule has 0 amide bonds. The fraction of sp³-hybridized carbons (Fsp3) is 0.200. The summed E-state index contributed by atoms with van der Waals surface area (Å²) in [5.74, 6) is 0. The molecule has 1 unspecified atom stereocenters. The number of benzene rings is 2. The molecule has 0 saturated carbocycles. The average Bonchev–Trinajstić information content (AvgIpc) is 2.39. The van der Waals surface area contributed by atoms with E-state index in [1.807, 2.05) is 24.3 Å². The lowest BCUT2D eigenvalue weighted by atomic mass is 10.0. The molecule has 94 valence electrons. The first kappa shape index (κ1) is 13.7. The Labute approximate surface area is 127 Å². The number of hydrogen-bond donors (Lipinski definition) is 1. The highest BCUT2D eigenvalue weighted by atomic mass is 127. The average molecular weight is 372 g/mol. The molecule has 0 radical (unpaired) electrons. The van der Waals surface area contributed by atoms with Crippen LogP contribution in [-0.2, 0) is 0 Å². The largest absolute Gasteiger partial charge is 0.377 e. The zero-order valence-electron chi connectivity index (χ0n) is 10.2. The van der Waals surface area contributed by atoms with Crippen LogP contribution in [0.1, 0.15) is 24.9 Å². The van der Waals surface area contributed by atoms with Crippen LogP contribution < -0.4 is 5.32 Å². The summed E-state index contributed by atoms with van der Waals surface area (Å²) in [6, 6.07) is 16.8. The number of rotatable bonds is 4. The van der Waals surface area contributed by atoms with Crippen molar-refractivity contribution in [2.75, 3.05) is 5.32 Å². The van der Waals surface area contributed by atoms with E-state index in [9.17, 15) is 0 Å². The van der Waals surface area contributed by atoms with Gasteiger partial charge in [0.2, 0.25) is 0 Å². The Morgan fingerprint density at radius 1 is 1.17 bits per heavy atom. The highest BCUT2D eigenvalue weighted by molar-refractivity contribution is 14.1. The summed E-state index contributed by atoms with van der Waals surface area (Å²) in [5, 5.41) is 4.35. The topological polar surface area (TPSA) is 12.0 Å². The molecule has 0 spiro atoms. The summed E-state index contributed by atoms with van der Waals surface area (Å²) in [7, 11) is 0. The molecular weight excluding hydrogens is 357 g/mol. The SMILES string of the molecule is CCC(Nc1ccc(Cl)cc1I)c1ccccc1. The predicted molar refractivity (Wildman–Crippen MR) is 87.3 cm³/mol. The summed E-state index contributed by atoms with van der Waals surface area (Å²) in [6.45, 7) is 2.19. The van der Waals surface area contributed by atoms with Crippen LogP contribution in [0.15, 0.2) is 48.5 Å². The zero-order chi connectivity index (χ0) is 13.0. The highest BCUT2D eigenvalue weighted by Gasteiger charge is 2.10. The van der Waals surface area contributed by atoms with Crippen LogP contribution in [0.4, 0.5) is 5.69 Å². The second-order valence-electron chi connectivity index (χ2n) is 4.14. The standard InChI is InChI=1S/C15H15ClIN/c1-2-14(11-6-4-3-5-7-11)18-15-9-8-12(16)10-13(15)17/h3-10,14,18H,2H2,1H3. The Morgan fingerprint density at radius 2 is 1.89 bits per heavy atom. The summed E-state index contributed by atoms with van der Waals surface area (Å²) >= 11 is 8.28. The first-order chi connectivity index (χ1) is 8.70. The quantitative estimate of drug-likeness (QED) is 0.699. The number of hydrogen-bond acceptors (Lipinski definition) is 1. The molecule has 0 aliphatic rings. The molecule has 3 heteroatoms. The lowest BCUT2D eigenvalue weighted by Gasteiger charge is -2.19. The minimum absolute atomic E-state index is 0.334. The molecule has 0 aliphatic heterocycles. The van der Waals surface area contributed by atoms with Gasteiger partial charge in [0.1, 0.15) is 0 Å². The lowest BCUT2D eigenvalue weighted by Crippen LogP contribution is -2.10. The van der Waals surface area contributed by atoms with Gasteiger partial charge in [-0.3, -0.25) is 0 Å². The van der Waals surface area contributed by atoms with E-state index in [4.69, 9.17) is 11.6 Å². The zero-order valence-corrected chi connectivity index (χ0v) is 13.1. The van der Waals surface area contributed by atoms with Gasteiger partial charge in [-0.05, 0) is 52.8 Å². The Bertz CT molecular complexity index is 513. The van der Waals surface area contributed by atoms with Crippen molar-refractivity contribution >= 4 is 39.9 Å². The van der Waals surface area contributed by atoms with Crippen LogP contribution in [0.2, 0.25) is 5.02 Å². The molecule has 18 heavy (non-hydrogen) atoms. The number of nitrogens with one attached hydrogen (secondary N) is 1. The molecule has 0 fully saturated rings.